The molecular weight excluding hydrogens is 274 g/mol. The van der Waals surface area contributed by atoms with Crippen LogP contribution in [0, 0.1) is 0 Å². The van der Waals surface area contributed by atoms with Gasteiger partial charge in [0.2, 0.25) is 0 Å². The largest absolute Gasteiger partial charge is 0.508 e. The summed E-state index contributed by atoms with van der Waals surface area (Å²) in [5.41, 5.74) is 9.13. The van der Waals surface area contributed by atoms with Crippen LogP contribution in [0.25, 0.3) is 22.4 Å². The van der Waals surface area contributed by atoms with E-state index >= 15 is 0 Å². The average Bonchev–Trinajstić information content (AvgIpc) is 3.15. The number of hydrogen-bond acceptors (Lipinski definition) is 2. The van der Waals surface area contributed by atoms with Gasteiger partial charge >= 0.3 is 0 Å². The summed E-state index contributed by atoms with van der Waals surface area (Å²) in [7, 11) is 0. The molecule has 2 aromatic carbocycles. The minimum absolute atomic E-state index is 0.246. The molecule has 0 saturated carbocycles. The van der Waals surface area contributed by atoms with Gasteiger partial charge in [-0.15, -0.1) is 0 Å². The fraction of sp³-hybridized carbons (Fsp3) is 0. The highest BCUT2D eigenvalue weighted by Gasteiger charge is 2.17. The molecule has 0 saturated heterocycles. The van der Waals surface area contributed by atoms with E-state index in [1.165, 1.54) is 0 Å². The fourth-order valence-electron chi connectivity index (χ4n) is 2.84. The van der Waals surface area contributed by atoms with Gasteiger partial charge in [0.25, 0.3) is 0 Å². The summed E-state index contributed by atoms with van der Waals surface area (Å²) in [6, 6.07) is 19.1. The highest BCUT2D eigenvalue weighted by molar-refractivity contribution is 5.98. The molecular formula is C18H15N3O. The first-order valence-electron chi connectivity index (χ1n) is 7.07. The van der Waals surface area contributed by atoms with Crippen LogP contribution in [0.15, 0.2) is 73.1 Å². The monoisotopic (exact) mass is 289 g/mol. The van der Waals surface area contributed by atoms with Gasteiger partial charge in [0.15, 0.2) is 0 Å². The Morgan fingerprint density at radius 1 is 0.818 bits per heavy atom. The zero-order valence-corrected chi connectivity index (χ0v) is 11.8. The van der Waals surface area contributed by atoms with Gasteiger partial charge in [-0.25, -0.2) is 0 Å². The van der Waals surface area contributed by atoms with Gasteiger partial charge in [0.1, 0.15) is 11.6 Å². The number of benzene rings is 2. The summed E-state index contributed by atoms with van der Waals surface area (Å²) < 4.78 is 4.10. The Labute approximate surface area is 127 Å². The van der Waals surface area contributed by atoms with Crippen LogP contribution in [0.5, 0.6) is 5.75 Å². The molecule has 0 aliphatic heterocycles. The van der Waals surface area contributed by atoms with E-state index in [9.17, 15) is 5.11 Å². The van der Waals surface area contributed by atoms with Crippen molar-refractivity contribution in [3.8, 4) is 17.3 Å². The summed E-state index contributed by atoms with van der Waals surface area (Å²) >= 11 is 0. The van der Waals surface area contributed by atoms with Crippen molar-refractivity contribution in [1.82, 2.24) is 9.13 Å². The lowest BCUT2D eigenvalue weighted by atomic mass is 10.2. The van der Waals surface area contributed by atoms with E-state index in [4.69, 9.17) is 5.73 Å². The lowest BCUT2D eigenvalue weighted by molar-refractivity contribution is 0.475. The number of hydrogen-bond donors (Lipinski definition) is 2. The zero-order chi connectivity index (χ0) is 15.1. The van der Waals surface area contributed by atoms with E-state index in [2.05, 4.69) is 4.57 Å². The molecule has 0 bridgehead atoms. The number of nitrogens with two attached hydrogens (primary N) is 1. The maximum atomic E-state index is 9.54. The second-order valence-corrected chi connectivity index (χ2v) is 5.20. The Bertz CT molecular complexity index is 935. The number of aromatic hydroxyl groups is 1. The van der Waals surface area contributed by atoms with Crippen LogP contribution in [0.1, 0.15) is 0 Å². The van der Waals surface area contributed by atoms with E-state index in [1.54, 1.807) is 12.1 Å². The first-order valence-corrected chi connectivity index (χ1v) is 7.07. The van der Waals surface area contributed by atoms with Crippen LogP contribution in [0.3, 0.4) is 0 Å². The third-order valence-electron chi connectivity index (χ3n) is 3.84. The van der Waals surface area contributed by atoms with Crippen LogP contribution in [0.2, 0.25) is 0 Å². The van der Waals surface area contributed by atoms with Crippen molar-refractivity contribution in [2.45, 2.75) is 0 Å². The van der Waals surface area contributed by atoms with Crippen LogP contribution in [0.4, 0.5) is 5.69 Å². The minimum Gasteiger partial charge on any atom is -0.508 e. The van der Waals surface area contributed by atoms with Gasteiger partial charge < -0.3 is 15.4 Å². The van der Waals surface area contributed by atoms with Crippen LogP contribution >= 0.6 is 0 Å². The number of nitrogens with zero attached hydrogens (tertiary/aromatic N) is 2. The number of fused-ring (bicyclic) bond motifs is 1. The molecule has 4 rings (SSSR count). The standard InChI is InChI=1S/C18H15N3O/c19-17-15-5-1-2-6-16(15)21(13-7-9-14(22)10-8-13)18(17)20-11-3-4-12-20/h1-12,22H,19H2. The maximum absolute atomic E-state index is 9.54. The highest BCUT2D eigenvalue weighted by Crippen LogP contribution is 2.34. The van der Waals surface area contributed by atoms with E-state index < -0.39 is 0 Å². The van der Waals surface area contributed by atoms with Crippen molar-refractivity contribution in [1.29, 1.82) is 0 Å². The Balaban J connectivity index is 2.11. The topological polar surface area (TPSA) is 56.1 Å². The quantitative estimate of drug-likeness (QED) is 0.591. The number of aromatic nitrogens is 2. The molecule has 3 N–H and O–H groups in total. The zero-order valence-electron chi connectivity index (χ0n) is 11.8. The normalized spacial score (nSPS) is 11.1. The summed E-state index contributed by atoms with van der Waals surface area (Å²) in [5.74, 6) is 1.15. The Morgan fingerprint density at radius 3 is 2.23 bits per heavy atom. The Kier molecular flexibility index (Phi) is 2.69. The van der Waals surface area contributed by atoms with Gasteiger partial charge in [0.05, 0.1) is 11.2 Å². The molecule has 2 heterocycles. The summed E-state index contributed by atoms with van der Waals surface area (Å²) in [5, 5.41) is 10.5. The number of nitrogen functional groups attached to an aromatic ring is 1. The van der Waals surface area contributed by atoms with Crippen LogP contribution < -0.4 is 5.73 Å². The molecule has 0 atom stereocenters. The van der Waals surface area contributed by atoms with Crippen molar-refractivity contribution >= 4 is 16.6 Å². The lowest BCUT2D eigenvalue weighted by Crippen LogP contribution is -2.04. The maximum Gasteiger partial charge on any atom is 0.146 e. The molecule has 0 aliphatic rings. The van der Waals surface area contributed by atoms with Gasteiger partial charge in [-0.2, -0.15) is 0 Å². The number of phenolic OH excluding ortho intramolecular Hbond substituents is 1. The van der Waals surface area contributed by atoms with Crippen molar-refractivity contribution in [2.75, 3.05) is 5.73 Å². The van der Waals surface area contributed by atoms with E-state index in [0.29, 0.717) is 0 Å². The second kappa shape index (κ2) is 4.70. The molecule has 108 valence electrons. The molecule has 0 unspecified atom stereocenters. The first kappa shape index (κ1) is 12.6. The van der Waals surface area contributed by atoms with E-state index in [0.717, 1.165) is 28.1 Å². The first-order chi connectivity index (χ1) is 10.8. The predicted octanol–water partition coefficient (Wildman–Crippen LogP) is 3.71. The third kappa shape index (κ3) is 1.78. The highest BCUT2D eigenvalue weighted by atomic mass is 16.3. The summed E-state index contributed by atoms with van der Waals surface area (Å²) in [4.78, 5) is 0. The van der Waals surface area contributed by atoms with Gasteiger partial charge in [-0.05, 0) is 42.5 Å². The van der Waals surface area contributed by atoms with Crippen molar-refractivity contribution in [3.63, 3.8) is 0 Å². The van der Waals surface area contributed by atoms with Gasteiger partial charge in [-0.1, -0.05) is 18.2 Å². The predicted molar refractivity (Wildman–Crippen MR) is 88.7 cm³/mol. The molecule has 0 amide bonds. The molecule has 0 aliphatic carbocycles. The second-order valence-electron chi connectivity index (χ2n) is 5.20. The SMILES string of the molecule is Nc1c(-n2cccc2)n(-c2ccc(O)cc2)c2ccccc12. The molecule has 4 aromatic rings. The molecule has 0 fully saturated rings. The molecule has 4 heteroatoms. The smallest absolute Gasteiger partial charge is 0.146 e. The lowest BCUT2D eigenvalue weighted by Gasteiger charge is -2.12. The van der Waals surface area contributed by atoms with Crippen molar-refractivity contribution in [3.05, 3.63) is 73.1 Å². The van der Waals surface area contributed by atoms with Crippen LogP contribution in [-0.2, 0) is 0 Å². The van der Waals surface area contributed by atoms with E-state index in [1.807, 2.05) is 65.5 Å². The molecule has 22 heavy (non-hydrogen) atoms. The fourth-order valence-corrected chi connectivity index (χ4v) is 2.84. The number of rotatable bonds is 2. The third-order valence-corrected chi connectivity index (χ3v) is 3.84. The summed E-state index contributed by atoms with van der Waals surface area (Å²) in [6.07, 6.45) is 3.95. The molecule has 4 nitrogen and oxygen atoms in total. The number of anilines is 1. The van der Waals surface area contributed by atoms with E-state index in [-0.39, 0.29) is 5.75 Å². The van der Waals surface area contributed by atoms with Gasteiger partial charge in [-0.3, -0.25) is 4.57 Å². The Hall–Kier alpha value is -3.14. The molecule has 2 aromatic heterocycles. The molecule has 0 radical (unpaired) electrons. The van der Waals surface area contributed by atoms with Gasteiger partial charge in [0, 0.05) is 23.5 Å². The van der Waals surface area contributed by atoms with Crippen LogP contribution in [-0.4, -0.2) is 14.2 Å². The summed E-state index contributed by atoms with van der Waals surface area (Å²) in [6.45, 7) is 0. The van der Waals surface area contributed by atoms with Crippen molar-refractivity contribution in [2.24, 2.45) is 0 Å². The molecule has 0 spiro atoms. The van der Waals surface area contributed by atoms with Crippen molar-refractivity contribution < 1.29 is 5.11 Å². The number of para-hydroxylation sites is 1. The average molecular weight is 289 g/mol. The number of phenols is 1. The Morgan fingerprint density at radius 2 is 1.50 bits per heavy atom. The minimum atomic E-state index is 0.246.